The zero-order chi connectivity index (χ0) is 19.7. The monoisotopic (exact) mass is 386 g/mol. The van der Waals surface area contributed by atoms with Gasteiger partial charge in [-0.25, -0.2) is 4.79 Å². The number of ketones is 1. The van der Waals surface area contributed by atoms with Gasteiger partial charge in [0, 0.05) is 0 Å². The first-order valence-corrected chi connectivity index (χ1v) is 9.05. The Hall–Kier alpha value is -3.00. The van der Waals surface area contributed by atoms with Crippen LogP contribution in [0.25, 0.3) is 10.2 Å². The van der Waals surface area contributed by atoms with Crippen LogP contribution in [-0.2, 0) is 22.6 Å². The Bertz CT molecular complexity index is 1150. The Morgan fingerprint density at radius 2 is 1.78 bits per heavy atom. The second-order valence-electron chi connectivity index (χ2n) is 6.11. The van der Waals surface area contributed by atoms with Crippen molar-refractivity contribution in [2.75, 3.05) is 7.11 Å². The lowest BCUT2D eigenvalue weighted by molar-refractivity contribution is -0.141. The van der Waals surface area contributed by atoms with Gasteiger partial charge in [0.05, 0.1) is 23.9 Å². The number of thiophene rings is 1. The molecule has 3 aromatic rings. The molecule has 0 amide bonds. The molecule has 0 fully saturated rings. The van der Waals surface area contributed by atoms with Gasteiger partial charge in [0.25, 0.3) is 5.56 Å². The number of carbonyl (C=O) groups excluding carboxylic acids is 2. The highest BCUT2D eigenvalue weighted by atomic mass is 32.1. The van der Waals surface area contributed by atoms with Crippen LogP contribution in [0.15, 0.2) is 39.9 Å². The van der Waals surface area contributed by atoms with Gasteiger partial charge in [-0.15, -0.1) is 11.3 Å². The van der Waals surface area contributed by atoms with E-state index in [1.54, 1.807) is 6.92 Å². The molecular formula is C19H18N2O5S. The number of methoxy groups -OCH3 is 1. The molecule has 140 valence electrons. The molecule has 0 aliphatic heterocycles. The highest BCUT2D eigenvalue weighted by molar-refractivity contribution is 7.20. The van der Waals surface area contributed by atoms with Crippen molar-refractivity contribution in [1.29, 1.82) is 0 Å². The van der Waals surface area contributed by atoms with Gasteiger partial charge in [-0.1, -0.05) is 30.3 Å². The van der Waals surface area contributed by atoms with Crippen LogP contribution in [0.5, 0.6) is 0 Å². The summed E-state index contributed by atoms with van der Waals surface area (Å²) in [7, 11) is 1.23. The van der Waals surface area contributed by atoms with Crippen molar-refractivity contribution in [1.82, 2.24) is 9.13 Å². The number of nitrogens with zero attached hydrogens (tertiary/aromatic N) is 2. The molecule has 0 aliphatic rings. The van der Waals surface area contributed by atoms with Crippen molar-refractivity contribution >= 4 is 33.3 Å². The van der Waals surface area contributed by atoms with E-state index in [4.69, 9.17) is 0 Å². The van der Waals surface area contributed by atoms with E-state index in [1.165, 1.54) is 18.6 Å². The molecule has 0 saturated heterocycles. The van der Waals surface area contributed by atoms with Crippen LogP contribution in [0.4, 0.5) is 0 Å². The van der Waals surface area contributed by atoms with Crippen LogP contribution >= 0.6 is 11.3 Å². The van der Waals surface area contributed by atoms with E-state index in [2.05, 4.69) is 4.74 Å². The van der Waals surface area contributed by atoms with Gasteiger partial charge in [0.1, 0.15) is 11.4 Å². The molecule has 0 unspecified atom stereocenters. The van der Waals surface area contributed by atoms with Crippen LogP contribution in [0.1, 0.15) is 27.7 Å². The minimum absolute atomic E-state index is 0.0698. The Morgan fingerprint density at radius 1 is 1.11 bits per heavy atom. The van der Waals surface area contributed by atoms with Crippen molar-refractivity contribution in [3.63, 3.8) is 0 Å². The van der Waals surface area contributed by atoms with E-state index in [-0.39, 0.29) is 24.3 Å². The van der Waals surface area contributed by atoms with Crippen molar-refractivity contribution in [3.05, 3.63) is 67.2 Å². The second-order valence-corrected chi connectivity index (χ2v) is 7.11. The topological polar surface area (TPSA) is 87.4 Å². The van der Waals surface area contributed by atoms with Gasteiger partial charge in [-0.3, -0.25) is 23.5 Å². The van der Waals surface area contributed by atoms with Gasteiger partial charge >= 0.3 is 11.7 Å². The average molecular weight is 386 g/mol. The molecule has 0 aliphatic carbocycles. The third kappa shape index (κ3) is 3.35. The van der Waals surface area contributed by atoms with Gasteiger partial charge in [0.2, 0.25) is 0 Å². The number of hydrogen-bond acceptors (Lipinski definition) is 6. The predicted octanol–water partition coefficient (Wildman–Crippen LogP) is 1.96. The van der Waals surface area contributed by atoms with Gasteiger partial charge in [-0.05, 0) is 25.0 Å². The van der Waals surface area contributed by atoms with Gasteiger partial charge in [-0.2, -0.15) is 0 Å². The lowest BCUT2D eigenvalue weighted by Gasteiger charge is -2.11. The van der Waals surface area contributed by atoms with E-state index in [0.717, 1.165) is 21.5 Å². The first-order valence-electron chi connectivity index (χ1n) is 8.23. The number of rotatable bonds is 5. The maximum atomic E-state index is 13.0. The molecule has 2 heterocycles. The van der Waals surface area contributed by atoms with E-state index in [9.17, 15) is 19.2 Å². The molecule has 0 spiro atoms. The van der Waals surface area contributed by atoms with E-state index < -0.39 is 17.2 Å². The summed E-state index contributed by atoms with van der Waals surface area (Å²) in [6.07, 6.45) is 0. The Balaban J connectivity index is 2.34. The molecule has 0 N–H and O–H groups in total. The standard InChI is InChI=1S/C19H18N2O5S/c1-11-15-17(24)20(9-13-7-5-4-6-8-13)19(25)21(10-14(23)26-3)18(15)27-16(11)12(2)22/h4-8H,9-10H2,1-3H3. The number of esters is 1. The molecule has 27 heavy (non-hydrogen) atoms. The number of fused-ring (bicyclic) bond motifs is 1. The number of aryl methyl sites for hydroxylation is 1. The summed E-state index contributed by atoms with van der Waals surface area (Å²) in [5.41, 5.74) is 0.215. The first-order chi connectivity index (χ1) is 12.8. The Kier molecular flexibility index (Phi) is 5.09. The molecule has 8 heteroatoms. The van der Waals surface area contributed by atoms with Gasteiger partial charge in [0.15, 0.2) is 5.78 Å². The summed E-state index contributed by atoms with van der Waals surface area (Å²) < 4.78 is 6.97. The van der Waals surface area contributed by atoms with E-state index in [0.29, 0.717) is 15.3 Å². The molecule has 0 bridgehead atoms. The smallest absolute Gasteiger partial charge is 0.332 e. The summed E-state index contributed by atoms with van der Waals surface area (Å²) in [4.78, 5) is 50.5. The van der Waals surface area contributed by atoms with Crippen LogP contribution in [0.2, 0.25) is 0 Å². The quantitative estimate of drug-likeness (QED) is 0.494. The van der Waals surface area contributed by atoms with Crippen molar-refractivity contribution in [3.8, 4) is 0 Å². The number of benzene rings is 1. The molecule has 2 aromatic heterocycles. The average Bonchev–Trinajstić information content (AvgIpc) is 3.00. The van der Waals surface area contributed by atoms with Gasteiger partial charge < -0.3 is 4.74 Å². The summed E-state index contributed by atoms with van der Waals surface area (Å²) >= 11 is 1.05. The zero-order valence-corrected chi connectivity index (χ0v) is 16.0. The highest BCUT2D eigenvalue weighted by Crippen LogP contribution is 2.28. The highest BCUT2D eigenvalue weighted by Gasteiger charge is 2.22. The number of Topliss-reactive ketones (excluding diaryl/α,β-unsaturated/α-hetero) is 1. The third-order valence-electron chi connectivity index (χ3n) is 4.31. The lowest BCUT2D eigenvalue weighted by atomic mass is 10.1. The van der Waals surface area contributed by atoms with Crippen molar-refractivity contribution < 1.29 is 14.3 Å². The zero-order valence-electron chi connectivity index (χ0n) is 15.1. The predicted molar refractivity (Wildman–Crippen MR) is 103 cm³/mol. The third-order valence-corrected chi connectivity index (χ3v) is 5.73. The molecule has 0 atom stereocenters. The minimum atomic E-state index is -0.613. The summed E-state index contributed by atoms with van der Waals surface area (Å²) in [6.45, 7) is 2.82. The molecule has 1 aromatic carbocycles. The normalized spacial score (nSPS) is 10.9. The summed E-state index contributed by atoms with van der Waals surface area (Å²) in [5, 5.41) is 0.282. The largest absolute Gasteiger partial charge is 0.468 e. The molecule has 0 radical (unpaired) electrons. The van der Waals surface area contributed by atoms with Crippen molar-refractivity contribution in [2.24, 2.45) is 0 Å². The maximum absolute atomic E-state index is 13.0. The van der Waals surface area contributed by atoms with E-state index in [1.807, 2.05) is 30.3 Å². The number of aromatic nitrogens is 2. The molecule has 0 saturated carbocycles. The van der Waals surface area contributed by atoms with Crippen LogP contribution in [0.3, 0.4) is 0 Å². The maximum Gasteiger partial charge on any atom is 0.332 e. The first kappa shape index (κ1) is 18.8. The fraction of sp³-hybridized carbons (Fsp3) is 0.263. The Labute approximate surface area is 158 Å². The summed E-state index contributed by atoms with van der Waals surface area (Å²) in [6, 6.07) is 9.09. The molecule has 3 rings (SSSR count). The lowest BCUT2D eigenvalue weighted by Crippen LogP contribution is -2.41. The second kappa shape index (κ2) is 7.32. The summed E-state index contributed by atoms with van der Waals surface area (Å²) in [5.74, 6) is -0.807. The van der Waals surface area contributed by atoms with E-state index >= 15 is 0 Å². The van der Waals surface area contributed by atoms with Crippen LogP contribution < -0.4 is 11.2 Å². The minimum Gasteiger partial charge on any atom is -0.468 e. The van der Waals surface area contributed by atoms with Crippen LogP contribution in [0, 0.1) is 6.92 Å². The molecular weight excluding hydrogens is 368 g/mol. The number of carbonyl (C=O) groups is 2. The number of ether oxygens (including phenoxy) is 1. The van der Waals surface area contributed by atoms with Crippen molar-refractivity contribution in [2.45, 2.75) is 26.9 Å². The Morgan fingerprint density at radius 3 is 2.37 bits per heavy atom. The fourth-order valence-corrected chi connectivity index (χ4v) is 4.16. The fourth-order valence-electron chi connectivity index (χ4n) is 2.97. The molecule has 7 nitrogen and oxygen atoms in total. The SMILES string of the molecule is COC(=O)Cn1c(=O)n(Cc2ccccc2)c(=O)c2c(C)c(C(C)=O)sc21. The number of hydrogen-bond donors (Lipinski definition) is 0. The van der Waals surface area contributed by atoms with Crippen LogP contribution in [-0.4, -0.2) is 28.0 Å².